The van der Waals surface area contributed by atoms with Gasteiger partial charge in [-0.05, 0) is 6.07 Å². The SMILES string of the molecule is O=Cc1ccn(CC=CCl)n1. The van der Waals surface area contributed by atoms with E-state index in [1.54, 1.807) is 23.0 Å². The van der Waals surface area contributed by atoms with E-state index in [4.69, 9.17) is 11.6 Å². The molecule has 0 saturated heterocycles. The first-order valence-corrected chi connectivity index (χ1v) is 3.54. The topological polar surface area (TPSA) is 34.9 Å². The smallest absolute Gasteiger partial charge is 0.170 e. The van der Waals surface area contributed by atoms with Crippen molar-refractivity contribution in [2.24, 2.45) is 0 Å². The summed E-state index contributed by atoms with van der Waals surface area (Å²) in [7, 11) is 0. The molecule has 0 unspecified atom stereocenters. The molecule has 0 aliphatic rings. The van der Waals surface area contributed by atoms with Crippen LogP contribution >= 0.6 is 11.6 Å². The van der Waals surface area contributed by atoms with Crippen molar-refractivity contribution in [1.29, 1.82) is 0 Å². The molecule has 4 heteroatoms. The lowest BCUT2D eigenvalue weighted by Gasteiger charge is -1.91. The maximum atomic E-state index is 10.2. The Morgan fingerprint density at radius 2 is 2.55 bits per heavy atom. The first kappa shape index (κ1) is 8.01. The van der Waals surface area contributed by atoms with Crippen LogP contribution in [0.15, 0.2) is 23.9 Å². The number of halogens is 1. The van der Waals surface area contributed by atoms with Crippen LogP contribution in [-0.4, -0.2) is 16.1 Å². The van der Waals surface area contributed by atoms with Crippen molar-refractivity contribution in [2.75, 3.05) is 0 Å². The molecule has 0 atom stereocenters. The number of hydrogen-bond donors (Lipinski definition) is 0. The Bertz CT molecular complexity index is 267. The van der Waals surface area contributed by atoms with Crippen molar-refractivity contribution in [1.82, 2.24) is 9.78 Å². The van der Waals surface area contributed by atoms with E-state index in [0.29, 0.717) is 18.5 Å². The zero-order valence-corrected chi connectivity index (χ0v) is 6.53. The highest BCUT2D eigenvalue weighted by Crippen LogP contribution is 1.92. The summed E-state index contributed by atoms with van der Waals surface area (Å²) >= 11 is 5.30. The molecule has 1 heterocycles. The van der Waals surface area contributed by atoms with Gasteiger partial charge in [0.15, 0.2) is 6.29 Å². The number of hydrogen-bond acceptors (Lipinski definition) is 2. The zero-order valence-electron chi connectivity index (χ0n) is 5.77. The van der Waals surface area contributed by atoms with Crippen LogP contribution in [-0.2, 0) is 6.54 Å². The predicted molar refractivity (Wildman–Crippen MR) is 42.6 cm³/mol. The third-order valence-corrected chi connectivity index (χ3v) is 1.34. The lowest BCUT2D eigenvalue weighted by Crippen LogP contribution is -1.95. The molecule has 1 rings (SSSR count). The second kappa shape index (κ2) is 3.93. The van der Waals surface area contributed by atoms with Crippen molar-refractivity contribution in [2.45, 2.75) is 6.54 Å². The van der Waals surface area contributed by atoms with E-state index >= 15 is 0 Å². The fourth-order valence-corrected chi connectivity index (χ4v) is 0.769. The summed E-state index contributed by atoms with van der Waals surface area (Å²) in [6.07, 6.45) is 4.17. The minimum Gasteiger partial charge on any atom is -0.296 e. The maximum Gasteiger partial charge on any atom is 0.170 e. The fraction of sp³-hybridized carbons (Fsp3) is 0.143. The van der Waals surface area contributed by atoms with Crippen LogP contribution in [0.2, 0.25) is 0 Å². The van der Waals surface area contributed by atoms with E-state index in [9.17, 15) is 4.79 Å². The van der Waals surface area contributed by atoms with Gasteiger partial charge in [0.1, 0.15) is 5.69 Å². The van der Waals surface area contributed by atoms with Gasteiger partial charge >= 0.3 is 0 Å². The minimum atomic E-state index is 0.438. The summed E-state index contributed by atoms with van der Waals surface area (Å²) in [6, 6.07) is 1.65. The molecule has 0 radical (unpaired) electrons. The van der Waals surface area contributed by atoms with Crippen molar-refractivity contribution < 1.29 is 4.79 Å². The lowest BCUT2D eigenvalue weighted by atomic mass is 10.5. The third-order valence-electron chi connectivity index (χ3n) is 1.16. The van der Waals surface area contributed by atoms with Gasteiger partial charge < -0.3 is 0 Å². The van der Waals surface area contributed by atoms with Crippen LogP contribution in [0, 0.1) is 0 Å². The monoisotopic (exact) mass is 170 g/mol. The molecular weight excluding hydrogens is 164 g/mol. The summed E-state index contributed by atoms with van der Waals surface area (Å²) in [5.41, 5.74) is 1.86. The molecule has 0 aliphatic heterocycles. The molecule has 0 spiro atoms. The molecule has 0 fully saturated rings. The second-order valence-corrected chi connectivity index (χ2v) is 2.19. The molecule has 0 bridgehead atoms. The van der Waals surface area contributed by atoms with E-state index in [0.717, 1.165) is 0 Å². The normalized spacial score (nSPS) is 10.6. The van der Waals surface area contributed by atoms with Crippen LogP contribution in [0.5, 0.6) is 0 Å². The lowest BCUT2D eigenvalue weighted by molar-refractivity contribution is 0.111. The van der Waals surface area contributed by atoms with E-state index in [2.05, 4.69) is 5.10 Å². The number of carbonyl (C=O) groups excluding carboxylic acids is 1. The average molecular weight is 171 g/mol. The zero-order chi connectivity index (χ0) is 8.10. The van der Waals surface area contributed by atoms with Crippen molar-refractivity contribution >= 4 is 17.9 Å². The van der Waals surface area contributed by atoms with E-state index < -0.39 is 0 Å². The molecule has 0 N–H and O–H groups in total. The molecule has 0 aromatic carbocycles. The van der Waals surface area contributed by atoms with Gasteiger partial charge in [-0.2, -0.15) is 5.10 Å². The molecular formula is C7H7ClN2O. The number of nitrogens with zero attached hydrogens (tertiary/aromatic N) is 2. The van der Waals surface area contributed by atoms with Crippen LogP contribution in [0.1, 0.15) is 10.5 Å². The number of aromatic nitrogens is 2. The van der Waals surface area contributed by atoms with Crippen LogP contribution < -0.4 is 0 Å². The molecule has 3 nitrogen and oxygen atoms in total. The Labute approximate surface area is 69.3 Å². The van der Waals surface area contributed by atoms with Gasteiger partial charge in [0.2, 0.25) is 0 Å². The van der Waals surface area contributed by atoms with Crippen LogP contribution in [0.25, 0.3) is 0 Å². The average Bonchev–Trinajstić information content (AvgIpc) is 2.48. The molecule has 1 aromatic heterocycles. The Morgan fingerprint density at radius 3 is 3.09 bits per heavy atom. The van der Waals surface area contributed by atoms with Crippen molar-refractivity contribution in [3.8, 4) is 0 Å². The van der Waals surface area contributed by atoms with Gasteiger partial charge in [-0.3, -0.25) is 9.48 Å². The Kier molecular flexibility index (Phi) is 2.86. The first-order chi connectivity index (χ1) is 5.36. The highest BCUT2D eigenvalue weighted by atomic mass is 35.5. The number of rotatable bonds is 3. The van der Waals surface area contributed by atoms with Gasteiger partial charge in [-0.15, -0.1) is 0 Å². The highest BCUT2D eigenvalue weighted by Gasteiger charge is 1.92. The van der Waals surface area contributed by atoms with E-state index in [1.165, 1.54) is 5.54 Å². The summed E-state index contributed by atoms with van der Waals surface area (Å²) < 4.78 is 1.63. The summed E-state index contributed by atoms with van der Waals surface area (Å²) in [4.78, 5) is 10.2. The molecule has 1 aromatic rings. The first-order valence-electron chi connectivity index (χ1n) is 3.10. The summed E-state index contributed by atoms with van der Waals surface area (Å²) in [5, 5.41) is 3.90. The summed E-state index contributed by atoms with van der Waals surface area (Å²) in [6.45, 7) is 0.595. The largest absolute Gasteiger partial charge is 0.296 e. The molecule has 11 heavy (non-hydrogen) atoms. The molecule has 0 saturated carbocycles. The van der Waals surface area contributed by atoms with Gasteiger partial charge in [0, 0.05) is 11.7 Å². The van der Waals surface area contributed by atoms with Crippen molar-refractivity contribution in [3.05, 3.63) is 29.6 Å². The predicted octanol–water partition coefficient (Wildman–Crippen LogP) is 1.45. The quantitative estimate of drug-likeness (QED) is 0.644. The Morgan fingerprint density at radius 1 is 1.73 bits per heavy atom. The number of allylic oxidation sites excluding steroid dienone is 1. The number of aldehydes is 1. The van der Waals surface area contributed by atoms with E-state index in [-0.39, 0.29) is 0 Å². The minimum absolute atomic E-state index is 0.438. The summed E-state index contributed by atoms with van der Waals surface area (Å²) in [5.74, 6) is 0. The van der Waals surface area contributed by atoms with Gasteiger partial charge in [0.05, 0.1) is 6.54 Å². The standard InChI is InChI=1S/C7H7ClN2O/c8-3-1-4-10-5-2-7(6-11)9-10/h1-3,5-6H,4H2. The van der Waals surface area contributed by atoms with Gasteiger partial charge in [-0.1, -0.05) is 17.7 Å². The molecule has 58 valence electrons. The fourth-order valence-electron chi connectivity index (χ4n) is 0.690. The maximum absolute atomic E-state index is 10.2. The van der Waals surface area contributed by atoms with Crippen molar-refractivity contribution in [3.63, 3.8) is 0 Å². The number of carbonyl (C=O) groups is 1. The van der Waals surface area contributed by atoms with E-state index in [1.807, 2.05) is 0 Å². The van der Waals surface area contributed by atoms with Crippen LogP contribution in [0.3, 0.4) is 0 Å². The molecule has 0 aliphatic carbocycles. The Hall–Kier alpha value is -1.09. The molecule has 0 amide bonds. The Balaban J connectivity index is 2.65. The van der Waals surface area contributed by atoms with Gasteiger partial charge in [-0.25, -0.2) is 0 Å². The third kappa shape index (κ3) is 2.20. The second-order valence-electron chi connectivity index (χ2n) is 1.94. The van der Waals surface area contributed by atoms with Gasteiger partial charge in [0.25, 0.3) is 0 Å². The highest BCUT2D eigenvalue weighted by molar-refractivity contribution is 6.25. The van der Waals surface area contributed by atoms with Crippen LogP contribution in [0.4, 0.5) is 0 Å².